The highest BCUT2D eigenvalue weighted by atomic mass is 32.1. The molecule has 2 aromatic rings. The molecule has 0 saturated carbocycles. The minimum absolute atomic E-state index is 0.202. The van der Waals surface area contributed by atoms with Gasteiger partial charge in [-0.2, -0.15) is 5.26 Å². The number of nitriles is 1. The summed E-state index contributed by atoms with van der Waals surface area (Å²) in [6, 6.07) is 15.8. The molecule has 6 heteroatoms. The minimum atomic E-state index is -0.202. The third-order valence-electron chi connectivity index (χ3n) is 3.26. The lowest BCUT2D eigenvalue weighted by Gasteiger charge is -2.24. The number of thiocarbonyl (C=S) groups is 1. The second-order valence-electron chi connectivity index (χ2n) is 4.87. The number of thiophene rings is 1. The molecule has 0 atom stereocenters. The van der Waals surface area contributed by atoms with Crippen molar-refractivity contribution in [2.24, 2.45) is 0 Å². The van der Waals surface area contributed by atoms with E-state index in [0.29, 0.717) is 29.5 Å². The van der Waals surface area contributed by atoms with Crippen LogP contribution in [0.1, 0.15) is 21.7 Å². The first kappa shape index (κ1) is 17.1. The number of rotatable bonds is 6. The number of hydrogen-bond donors (Lipinski definition) is 1. The van der Waals surface area contributed by atoms with E-state index in [9.17, 15) is 4.79 Å². The molecule has 1 heterocycles. The summed E-state index contributed by atoms with van der Waals surface area (Å²) in [6.07, 6.45) is 1.17. The van der Waals surface area contributed by atoms with E-state index < -0.39 is 0 Å². The maximum Gasteiger partial charge on any atom is 0.267 e. The van der Waals surface area contributed by atoms with Crippen molar-refractivity contribution >= 4 is 34.6 Å². The van der Waals surface area contributed by atoms with E-state index in [1.807, 2.05) is 34.5 Å². The van der Waals surface area contributed by atoms with E-state index in [4.69, 9.17) is 17.5 Å². The van der Waals surface area contributed by atoms with Crippen LogP contribution in [0.4, 0.5) is 0 Å². The summed E-state index contributed by atoms with van der Waals surface area (Å²) in [5, 5.41) is 13.8. The van der Waals surface area contributed by atoms with Crippen LogP contribution in [0.2, 0.25) is 0 Å². The molecule has 1 amide bonds. The molecule has 0 saturated heterocycles. The molecule has 0 aliphatic carbocycles. The van der Waals surface area contributed by atoms with Gasteiger partial charge in [-0.15, -0.1) is 11.3 Å². The summed E-state index contributed by atoms with van der Waals surface area (Å²) in [4.78, 5) is 14.6. The Hall–Kier alpha value is -2.23. The summed E-state index contributed by atoms with van der Waals surface area (Å²) in [5.74, 6) is -0.202. The molecule has 0 radical (unpaired) electrons. The van der Waals surface area contributed by atoms with E-state index in [0.717, 1.165) is 6.42 Å². The van der Waals surface area contributed by atoms with Gasteiger partial charge in [-0.05, 0) is 35.6 Å². The van der Waals surface area contributed by atoms with Crippen molar-refractivity contribution in [3.8, 4) is 6.07 Å². The maximum atomic E-state index is 12.1. The Morgan fingerprint density at radius 1 is 1.22 bits per heavy atom. The Bertz CT molecular complexity index is 678. The van der Waals surface area contributed by atoms with Crippen LogP contribution in [0.3, 0.4) is 0 Å². The van der Waals surface area contributed by atoms with Gasteiger partial charge in [0, 0.05) is 13.1 Å². The number of benzene rings is 1. The fourth-order valence-corrected chi connectivity index (χ4v) is 2.95. The molecule has 1 aromatic heterocycles. The fourth-order valence-electron chi connectivity index (χ4n) is 2.05. The first-order chi connectivity index (χ1) is 11.2. The predicted molar refractivity (Wildman–Crippen MR) is 96.3 cm³/mol. The van der Waals surface area contributed by atoms with Crippen molar-refractivity contribution < 1.29 is 4.79 Å². The van der Waals surface area contributed by atoms with Crippen LogP contribution < -0.4 is 5.32 Å². The standard InChI is InChI=1S/C17H17N3OS2/c18-10-5-11-20(12-9-14-6-2-1-3-7-14)17(22)19-16(21)15-8-4-13-23-15/h1-4,6-8,13H,5,9,11-12H2,(H,19,21,22). The van der Waals surface area contributed by atoms with Gasteiger partial charge in [0.2, 0.25) is 0 Å². The molecule has 0 fully saturated rings. The van der Waals surface area contributed by atoms with Gasteiger partial charge in [-0.25, -0.2) is 0 Å². The molecule has 0 bridgehead atoms. The quantitative estimate of drug-likeness (QED) is 0.818. The second kappa shape index (κ2) is 9.03. The summed E-state index contributed by atoms with van der Waals surface area (Å²) in [6.45, 7) is 1.17. The predicted octanol–water partition coefficient (Wildman–Crippen LogP) is 3.22. The fraction of sp³-hybridized carbons (Fsp3) is 0.235. The molecule has 2 rings (SSSR count). The van der Waals surface area contributed by atoms with Crippen molar-refractivity contribution in [2.45, 2.75) is 12.8 Å². The summed E-state index contributed by atoms with van der Waals surface area (Å²) < 4.78 is 0. The van der Waals surface area contributed by atoms with E-state index in [2.05, 4.69) is 23.5 Å². The van der Waals surface area contributed by atoms with E-state index in [1.165, 1.54) is 16.9 Å². The lowest BCUT2D eigenvalue weighted by molar-refractivity contribution is 0.0977. The van der Waals surface area contributed by atoms with Gasteiger partial charge in [0.25, 0.3) is 5.91 Å². The SMILES string of the molecule is N#CCCN(CCc1ccccc1)C(=S)NC(=O)c1cccs1. The topological polar surface area (TPSA) is 56.1 Å². The Labute approximate surface area is 145 Å². The van der Waals surface area contributed by atoms with Gasteiger partial charge in [0.15, 0.2) is 5.11 Å². The minimum Gasteiger partial charge on any atom is -0.348 e. The van der Waals surface area contributed by atoms with Crippen molar-refractivity contribution in [1.29, 1.82) is 5.26 Å². The molecule has 0 unspecified atom stereocenters. The van der Waals surface area contributed by atoms with Crippen molar-refractivity contribution in [3.05, 3.63) is 58.3 Å². The number of hydrogen-bond acceptors (Lipinski definition) is 4. The van der Waals surface area contributed by atoms with E-state index in [1.54, 1.807) is 6.07 Å². The molecule has 1 N–H and O–H groups in total. The molecule has 23 heavy (non-hydrogen) atoms. The van der Waals surface area contributed by atoms with Gasteiger partial charge >= 0.3 is 0 Å². The number of nitrogens with zero attached hydrogens (tertiary/aromatic N) is 2. The molecule has 0 aliphatic heterocycles. The van der Waals surface area contributed by atoms with Crippen molar-refractivity contribution in [2.75, 3.05) is 13.1 Å². The van der Waals surface area contributed by atoms with Crippen LogP contribution in [-0.2, 0) is 6.42 Å². The second-order valence-corrected chi connectivity index (χ2v) is 6.20. The van der Waals surface area contributed by atoms with Crippen LogP contribution in [0, 0.1) is 11.3 Å². The largest absolute Gasteiger partial charge is 0.348 e. The van der Waals surface area contributed by atoms with Crippen LogP contribution >= 0.6 is 23.6 Å². The first-order valence-electron chi connectivity index (χ1n) is 7.25. The van der Waals surface area contributed by atoms with E-state index in [-0.39, 0.29) is 5.91 Å². The van der Waals surface area contributed by atoms with Gasteiger partial charge < -0.3 is 4.90 Å². The Balaban J connectivity index is 1.95. The molecule has 4 nitrogen and oxygen atoms in total. The Morgan fingerprint density at radius 3 is 2.65 bits per heavy atom. The van der Waals surface area contributed by atoms with Gasteiger partial charge in [-0.3, -0.25) is 10.1 Å². The smallest absolute Gasteiger partial charge is 0.267 e. The summed E-state index contributed by atoms with van der Waals surface area (Å²) in [7, 11) is 0. The van der Waals surface area contributed by atoms with Gasteiger partial charge in [-0.1, -0.05) is 36.4 Å². The molecule has 118 valence electrons. The third kappa shape index (κ3) is 5.47. The zero-order chi connectivity index (χ0) is 16.5. The van der Waals surface area contributed by atoms with Gasteiger partial charge in [0.1, 0.15) is 0 Å². The highest BCUT2D eigenvalue weighted by molar-refractivity contribution is 7.80. The number of carbonyl (C=O) groups excluding carboxylic acids is 1. The normalized spacial score (nSPS) is 9.87. The molecule has 0 spiro atoms. The van der Waals surface area contributed by atoms with Crippen LogP contribution in [0.25, 0.3) is 0 Å². The third-order valence-corrected chi connectivity index (χ3v) is 4.49. The highest BCUT2D eigenvalue weighted by Crippen LogP contribution is 2.08. The highest BCUT2D eigenvalue weighted by Gasteiger charge is 2.14. The zero-order valence-corrected chi connectivity index (χ0v) is 14.2. The lowest BCUT2D eigenvalue weighted by Crippen LogP contribution is -2.43. The lowest BCUT2D eigenvalue weighted by atomic mass is 10.1. The van der Waals surface area contributed by atoms with Crippen LogP contribution in [0.5, 0.6) is 0 Å². The van der Waals surface area contributed by atoms with Crippen LogP contribution in [0.15, 0.2) is 47.8 Å². The summed E-state index contributed by atoms with van der Waals surface area (Å²) in [5.41, 5.74) is 1.20. The number of nitrogens with one attached hydrogen (secondary N) is 1. The van der Waals surface area contributed by atoms with Crippen molar-refractivity contribution in [1.82, 2.24) is 10.2 Å². The first-order valence-corrected chi connectivity index (χ1v) is 8.54. The number of carbonyl (C=O) groups is 1. The molecular formula is C17H17N3OS2. The van der Waals surface area contributed by atoms with Crippen LogP contribution in [-0.4, -0.2) is 29.0 Å². The zero-order valence-electron chi connectivity index (χ0n) is 12.6. The Kier molecular flexibility index (Phi) is 6.73. The monoisotopic (exact) mass is 343 g/mol. The molecule has 0 aliphatic rings. The Morgan fingerprint density at radius 2 is 2.00 bits per heavy atom. The average molecular weight is 343 g/mol. The molecule has 1 aromatic carbocycles. The molecular weight excluding hydrogens is 326 g/mol. The average Bonchev–Trinajstić information content (AvgIpc) is 3.10. The summed E-state index contributed by atoms with van der Waals surface area (Å²) >= 11 is 6.71. The maximum absolute atomic E-state index is 12.1. The van der Waals surface area contributed by atoms with E-state index >= 15 is 0 Å². The number of amides is 1. The van der Waals surface area contributed by atoms with Gasteiger partial charge in [0.05, 0.1) is 17.4 Å². The van der Waals surface area contributed by atoms with Crippen molar-refractivity contribution in [3.63, 3.8) is 0 Å².